The van der Waals surface area contributed by atoms with Crippen LogP contribution in [0.2, 0.25) is 0 Å². The maximum absolute atomic E-state index is 5.39. The quantitative estimate of drug-likeness (QED) is 0.204. The highest BCUT2D eigenvalue weighted by molar-refractivity contribution is 6.00. The Morgan fingerprint density at radius 2 is 0.714 bits per heavy atom. The van der Waals surface area contributed by atoms with Gasteiger partial charge in [-0.3, -0.25) is 0 Å². The molecule has 0 amide bonds. The van der Waals surface area contributed by atoms with Crippen molar-refractivity contribution in [3.63, 3.8) is 0 Å². The molecule has 9 rings (SSSR count). The van der Waals surface area contributed by atoms with E-state index in [-0.39, 0.29) is 0 Å². The number of hydrogen-bond acceptors (Lipinski definition) is 2. The van der Waals surface area contributed by atoms with Crippen molar-refractivity contribution in [3.05, 3.63) is 168 Å². The Morgan fingerprint density at radius 3 is 1.12 bits per heavy atom. The van der Waals surface area contributed by atoms with Gasteiger partial charge in [0.15, 0.2) is 0 Å². The monoisotopic (exact) mass is 628 g/mol. The summed E-state index contributed by atoms with van der Waals surface area (Å²) in [5.74, 6) is 0. The zero-order valence-electron chi connectivity index (χ0n) is 27.0. The Balaban J connectivity index is 1.51. The molecule has 0 atom stereocenters. The summed E-state index contributed by atoms with van der Waals surface area (Å²) >= 11 is 0. The van der Waals surface area contributed by atoms with Crippen molar-refractivity contribution in [2.75, 3.05) is 0 Å². The first-order chi connectivity index (χ1) is 24.2. The summed E-state index contributed by atoms with van der Waals surface area (Å²) in [7, 11) is 0. The Labute approximate surface area is 284 Å². The van der Waals surface area contributed by atoms with Crippen LogP contribution in [0, 0.1) is 6.92 Å². The number of hydrogen-bond donors (Lipinski definition) is 2. The Hall–Kier alpha value is -6.52. The van der Waals surface area contributed by atoms with Gasteiger partial charge in [0.05, 0.1) is 28.3 Å². The van der Waals surface area contributed by atoms with E-state index in [9.17, 15) is 0 Å². The molecule has 2 aliphatic heterocycles. The highest BCUT2D eigenvalue weighted by Gasteiger charge is 2.19. The molecule has 0 saturated heterocycles. The molecule has 4 aromatic carbocycles. The summed E-state index contributed by atoms with van der Waals surface area (Å²) in [5.41, 5.74) is 17.4. The highest BCUT2D eigenvalue weighted by Crippen LogP contribution is 2.39. The van der Waals surface area contributed by atoms with E-state index in [2.05, 4.69) is 181 Å². The number of aromatic amines is 2. The lowest BCUT2D eigenvalue weighted by molar-refractivity contribution is 1.31. The molecule has 0 aliphatic carbocycles. The molecule has 2 N–H and O–H groups in total. The van der Waals surface area contributed by atoms with Crippen LogP contribution in [0.25, 0.3) is 90.9 Å². The molecular formula is C45H32N4. The first-order valence-corrected chi connectivity index (χ1v) is 16.6. The van der Waals surface area contributed by atoms with Crippen LogP contribution in [0.3, 0.4) is 0 Å². The fraction of sp³-hybridized carbons (Fsp3) is 0.0222. The lowest BCUT2D eigenvalue weighted by Gasteiger charge is -2.07. The van der Waals surface area contributed by atoms with Gasteiger partial charge < -0.3 is 9.97 Å². The topological polar surface area (TPSA) is 57.4 Å². The fourth-order valence-electron chi connectivity index (χ4n) is 7.08. The third-order valence-corrected chi connectivity index (χ3v) is 9.31. The fourth-order valence-corrected chi connectivity index (χ4v) is 7.08. The third-order valence-electron chi connectivity index (χ3n) is 9.31. The van der Waals surface area contributed by atoms with Crippen LogP contribution in [-0.4, -0.2) is 19.9 Å². The highest BCUT2D eigenvalue weighted by atomic mass is 14.8. The van der Waals surface area contributed by atoms with Crippen LogP contribution in [0.1, 0.15) is 28.3 Å². The summed E-state index contributed by atoms with van der Waals surface area (Å²) in [5, 5.41) is 0. The summed E-state index contributed by atoms with van der Waals surface area (Å²) in [6.45, 7) is 2.17. The van der Waals surface area contributed by atoms with Gasteiger partial charge >= 0.3 is 0 Å². The number of benzene rings is 4. The zero-order valence-corrected chi connectivity index (χ0v) is 27.0. The van der Waals surface area contributed by atoms with E-state index in [1.807, 2.05) is 0 Å². The molecule has 49 heavy (non-hydrogen) atoms. The van der Waals surface area contributed by atoms with Gasteiger partial charge in [-0.15, -0.1) is 0 Å². The summed E-state index contributed by atoms with van der Waals surface area (Å²) in [4.78, 5) is 18.5. The molecule has 0 saturated carbocycles. The minimum Gasteiger partial charge on any atom is -0.354 e. The van der Waals surface area contributed by atoms with Gasteiger partial charge in [-0.25, -0.2) is 9.97 Å². The average molecular weight is 629 g/mol. The van der Waals surface area contributed by atoms with Crippen molar-refractivity contribution >= 4 is 46.4 Å². The first kappa shape index (κ1) is 28.7. The predicted octanol–water partition coefficient (Wildman–Crippen LogP) is 11.6. The lowest BCUT2D eigenvalue weighted by atomic mass is 10.0. The van der Waals surface area contributed by atoms with Crippen molar-refractivity contribution in [1.82, 2.24) is 19.9 Å². The molecule has 0 unspecified atom stereocenters. The van der Waals surface area contributed by atoms with Crippen LogP contribution in [0.5, 0.6) is 0 Å². The second kappa shape index (κ2) is 11.9. The van der Waals surface area contributed by atoms with E-state index in [1.165, 1.54) is 0 Å². The molecule has 4 heteroatoms. The predicted molar refractivity (Wildman–Crippen MR) is 205 cm³/mol. The third kappa shape index (κ3) is 5.11. The van der Waals surface area contributed by atoms with Crippen molar-refractivity contribution in [2.45, 2.75) is 6.92 Å². The Bertz CT molecular complexity index is 2570. The summed E-state index contributed by atoms with van der Waals surface area (Å²) in [6, 6.07) is 48.7. The van der Waals surface area contributed by atoms with E-state index in [0.29, 0.717) is 0 Å². The van der Waals surface area contributed by atoms with E-state index < -0.39 is 0 Å². The molecule has 2 aliphatic rings. The minimum absolute atomic E-state index is 0.908. The van der Waals surface area contributed by atoms with Crippen LogP contribution < -0.4 is 0 Å². The van der Waals surface area contributed by atoms with Gasteiger partial charge in [0.2, 0.25) is 0 Å². The molecule has 3 aromatic heterocycles. The van der Waals surface area contributed by atoms with Crippen LogP contribution >= 0.6 is 0 Å². The maximum Gasteiger partial charge on any atom is 0.0737 e. The lowest BCUT2D eigenvalue weighted by Crippen LogP contribution is -1.89. The van der Waals surface area contributed by atoms with Gasteiger partial charge in [0.1, 0.15) is 0 Å². The van der Waals surface area contributed by atoms with Crippen LogP contribution in [0.4, 0.5) is 0 Å². The number of H-pyrrole nitrogens is 2. The van der Waals surface area contributed by atoms with Crippen molar-refractivity contribution in [2.24, 2.45) is 0 Å². The van der Waals surface area contributed by atoms with Crippen molar-refractivity contribution in [1.29, 1.82) is 0 Å². The van der Waals surface area contributed by atoms with Crippen molar-refractivity contribution in [3.8, 4) is 44.5 Å². The zero-order chi connectivity index (χ0) is 32.7. The molecular weight excluding hydrogens is 597 g/mol. The van der Waals surface area contributed by atoms with Gasteiger partial charge in [-0.2, -0.15) is 0 Å². The van der Waals surface area contributed by atoms with E-state index in [1.54, 1.807) is 0 Å². The van der Waals surface area contributed by atoms with Gasteiger partial charge in [-0.05, 0) is 77.2 Å². The van der Waals surface area contributed by atoms with Gasteiger partial charge in [0.25, 0.3) is 0 Å². The standard InChI is InChI=1S/C45H32N4/c1-29-28-40-43(32-18-10-4-11-19-32)38-25-24-36(47-38)41(30-14-6-2-7-15-30)34-22-23-35(46-34)42(31-16-8-3-9-17-31)37-26-27-39(48-37)44(45(29)49-40)33-20-12-5-13-21-33/h2-28,46,49H,1H3. The Kier molecular flexibility index (Phi) is 6.98. The second-order valence-corrected chi connectivity index (χ2v) is 12.4. The molecule has 0 radical (unpaired) electrons. The molecule has 4 nitrogen and oxygen atoms in total. The number of rotatable bonds is 4. The molecule has 7 aromatic rings. The Morgan fingerprint density at radius 1 is 0.367 bits per heavy atom. The number of nitrogens with zero attached hydrogens (tertiary/aromatic N) is 2. The largest absolute Gasteiger partial charge is 0.354 e. The molecule has 232 valence electrons. The smallest absolute Gasteiger partial charge is 0.0737 e. The number of nitrogens with one attached hydrogen (secondary N) is 2. The van der Waals surface area contributed by atoms with Crippen molar-refractivity contribution < 1.29 is 0 Å². The average Bonchev–Trinajstić information content (AvgIpc) is 3.98. The molecule has 0 fully saturated rings. The molecule has 0 spiro atoms. The van der Waals surface area contributed by atoms with Gasteiger partial charge in [0, 0.05) is 38.8 Å². The molecule has 8 bridgehead atoms. The normalized spacial score (nSPS) is 12.0. The molecule has 5 heterocycles. The summed E-state index contributed by atoms with van der Waals surface area (Å²) in [6.07, 6.45) is 8.58. The number of fused-ring (bicyclic) bond motifs is 8. The van der Waals surface area contributed by atoms with Crippen LogP contribution in [-0.2, 0) is 0 Å². The number of aromatic nitrogens is 4. The number of aryl methyl sites for hydroxylation is 1. The minimum atomic E-state index is 0.908. The van der Waals surface area contributed by atoms with E-state index in [4.69, 9.17) is 9.97 Å². The van der Waals surface area contributed by atoms with Crippen LogP contribution in [0.15, 0.2) is 140 Å². The first-order valence-electron chi connectivity index (χ1n) is 16.6. The SMILES string of the molecule is Cc1cc2[nH]c1c(-c1ccccc1)c1nc(c(-c3ccccc3)c3ccc([nH]3)c(-c3ccccc3)c3nc(c2-c2ccccc2)C=C3)C=C1. The second-order valence-electron chi connectivity index (χ2n) is 12.4. The summed E-state index contributed by atoms with van der Waals surface area (Å²) < 4.78 is 0. The van der Waals surface area contributed by atoms with E-state index in [0.717, 1.165) is 94.9 Å². The van der Waals surface area contributed by atoms with Gasteiger partial charge in [-0.1, -0.05) is 121 Å². The maximum atomic E-state index is 5.39. The van der Waals surface area contributed by atoms with E-state index >= 15 is 0 Å².